The Balaban J connectivity index is 2.05. The van der Waals surface area contributed by atoms with Crippen LogP contribution in [0.5, 0.6) is 0 Å². The Morgan fingerprint density at radius 3 is 2.57 bits per heavy atom. The zero-order valence-electron chi connectivity index (χ0n) is 14.0. The molecule has 0 spiro atoms. The number of hydrogen-bond acceptors (Lipinski definition) is 2. The third kappa shape index (κ3) is 4.55. The van der Waals surface area contributed by atoms with Gasteiger partial charge in [0.05, 0.1) is 0 Å². The molecule has 2 heteroatoms. The largest absolute Gasteiger partial charge is 0.307 e. The summed E-state index contributed by atoms with van der Waals surface area (Å²) in [5, 5.41) is 3.73. The van der Waals surface area contributed by atoms with E-state index in [1.54, 1.807) is 0 Å². The Kier molecular flexibility index (Phi) is 6.72. The molecule has 1 fully saturated rings. The van der Waals surface area contributed by atoms with Gasteiger partial charge in [-0.3, -0.25) is 4.90 Å². The van der Waals surface area contributed by atoms with E-state index in [1.807, 2.05) is 0 Å². The summed E-state index contributed by atoms with van der Waals surface area (Å²) in [6.07, 6.45) is 6.66. The van der Waals surface area contributed by atoms with Crippen LogP contribution in [0, 0.1) is 0 Å². The molecule has 1 aromatic carbocycles. The van der Waals surface area contributed by atoms with Crippen LogP contribution in [-0.2, 0) is 0 Å². The Morgan fingerprint density at radius 2 is 1.90 bits per heavy atom. The summed E-state index contributed by atoms with van der Waals surface area (Å²) in [5.41, 5.74) is 1.43. The van der Waals surface area contributed by atoms with E-state index in [-0.39, 0.29) is 0 Å². The van der Waals surface area contributed by atoms with Gasteiger partial charge in [-0.15, -0.1) is 0 Å². The summed E-state index contributed by atoms with van der Waals surface area (Å²) in [5.74, 6) is 0. The van der Waals surface area contributed by atoms with Gasteiger partial charge < -0.3 is 5.32 Å². The summed E-state index contributed by atoms with van der Waals surface area (Å²) in [4.78, 5) is 2.77. The molecule has 2 rings (SSSR count). The lowest BCUT2D eigenvalue weighted by Gasteiger charge is -2.44. The highest BCUT2D eigenvalue weighted by molar-refractivity contribution is 5.20. The van der Waals surface area contributed by atoms with Crippen molar-refractivity contribution in [3.05, 3.63) is 35.9 Å². The first kappa shape index (κ1) is 16.5. The number of unbranched alkanes of at least 4 members (excludes halogenated alkanes) is 1. The van der Waals surface area contributed by atoms with Crippen molar-refractivity contribution in [2.24, 2.45) is 0 Å². The average Bonchev–Trinajstić information content (AvgIpc) is 2.53. The summed E-state index contributed by atoms with van der Waals surface area (Å²) in [6.45, 7) is 9.26. The zero-order chi connectivity index (χ0) is 15.1. The van der Waals surface area contributed by atoms with E-state index in [0.29, 0.717) is 12.1 Å². The van der Waals surface area contributed by atoms with E-state index >= 15 is 0 Å². The first-order valence-electron chi connectivity index (χ1n) is 8.80. The van der Waals surface area contributed by atoms with Crippen molar-refractivity contribution in [1.82, 2.24) is 10.2 Å². The lowest BCUT2D eigenvalue weighted by atomic mass is 9.96. The minimum atomic E-state index is 0.489. The molecule has 1 aliphatic heterocycles. The molecule has 1 heterocycles. The van der Waals surface area contributed by atoms with Crippen molar-refractivity contribution in [1.29, 1.82) is 0 Å². The van der Waals surface area contributed by atoms with Gasteiger partial charge in [0, 0.05) is 31.2 Å². The van der Waals surface area contributed by atoms with Gasteiger partial charge in [0.1, 0.15) is 0 Å². The second-order valence-corrected chi connectivity index (χ2v) is 6.50. The van der Waals surface area contributed by atoms with Crippen molar-refractivity contribution >= 4 is 0 Å². The topological polar surface area (TPSA) is 15.3 Å². The molecule has 0 amide bonds. The molecule has 3 atom stereocenters. The third-order valence-corrected chi connectivity index (χ3v) is 4.80. The van der Waals surface area contributed by atoms with Crippen LogP contribution in [0.25, 0.3) is 0 Å². The van der Waals surface area contributed by atoms with Crippen LogP contribution in [0.15, 0.2) is 30.3 Å². The molecular weight excluding hydrogens is 256 g/mol. The molecule has 1 N–H and O–H groups in total. The van der Waals surface area contributed by atoms with Crippen LogP contribution in [0.2, 0.25) is 0 Å². The maximum atomic E-state index is 3.73. The first-order valence-corrected chi connectivity index (χ1v) is 8.80. The predicted octanol–water partition coefficient (Wildman–Crippen LogP) is 4.38. The van der Waals surface area contributed by atoms with Crippen LogP contribution < -0.4 is 5.32 Å². The van der Waals surface area contributed by atoms with E-state index in [9.17, 15) is 0 Å². The van der Waals surface area contributed by atoms with E-state index in [0.717, 1.165) is 19.1 Å². The normalized spacial score (nSPS) is 24.9. The van der Waals surface area contributed by atoms with Crippen LogP contribution >= 0.6 is 0 Å². The van der Waals surface area contributed by atoms with Crippen molar-refractivity contribution in [3.63, 3.8) is 0 Å². The molecule has 0 bridgehead atoms. The maximum Gasteiger partial charge on any atom is 0.0450 e. The van der Waals surface area contributed by atoms with Crippen LogP contribution in [0.1, 0.15) is 64.5 Å². The second-order valence-electron chi connectivity index (χ2n) is 6.50. The van der Waals surface area contributed by atoms with Gasteiger partial charge in [-0.25, -0.2) is 0 Å². The fourth-order valence-corrected chi connectivity index (χ4v) is 3.55. The summed E-state index contributed by atoms with van der Waals surface area (Å²) in [6, 6.07) is 12.8. The van der Waals surface area contributed by atoms with E-state index < -0.39 is 0 Å². The Hall–Kier alpha value is -0.860. The molecule has 3 unspecified atom stereocenters. The van der Waals surface area contributed by atoms with E-state index in [4.69, 9.17) is 0 Å². The minimum Gasteiger partial charge on any atom is -0.307 e. The molecule has 0 aromatic heterocycles. The first-order chi connectivity index (χ1) is 10.3. The predicted molar refractivity (Wildman–Crippen MR) is 91.6 cm³/mol. The molecule has 2 nitrogen and oxygen atoms in total. The van der Waals surface area contributed by atoms with Crippen molar-refractivity contribution < 1.29 is 0 Å². The number of benzene rings is 1. The highest BCUT2D eigenvalue weighted by Gasteiger charge is 2.30. The summed E-state index contributed by atoms with van der Waals surface area (Å²) in [7, 11) is 0. The zero-order valence-corrected chi connectivity index (χ0v) is 14.0. The van der Waals surface area contributed by atoms with E-state index in [1.165, 1.54) is 37.7 Å². The van der Waals surface area contributed by atoms with Crippen molar-refractivity contribution in [3.8, 4) is 0 Å². The smallest absolute Gasteiger partial charge is 0.0450 e. The minimum absolute atomic E-state index is 0.489. The molecule has 1 aromatic rings. The molecule has 0 aliphatic carbocycles. The fraction of sp³-hybridized carbons (Fsp3) is 0.684. The Labute approximate surface area is 130 Å². The van der Waals surface area contributed by atoms with Gasteiger partial charge >= 0.3 is 0 Å². The number of nitrogens with zero attached hydrogens (tertiary/aromatic N) is 1. The molecule has 1 saturated heterocycles. The average molecular weight is 288 g/mol. The molecule has 21 heavy (non-hydrogen) atoms. The maximum absolute atomic E-state index is 3.73. The Morgan fingerprint density at radius 1 is 1.14 bits per heavy atom. The van der Waals surface area contributed by atoms with Gasteiger partial charge in [0.25, 0.3) is 0 Å². The quantitative estimate of drug-likeness (QED) is 0.801. The molecule has 1 aliphatic rings. The fourth-order valence-electron chi connectivity index (χ4n) is 3.55. The number of nitrogens with one attached hydrogen (secondary N) is 1. The second kappa shape index (κ2) is 8.55. The van der Waals surface area contributed by atoms with Gasteiger partial charge in [-0.1, -0.05) is 63.4 Å². The van der Waals surface area contributed by atoms with Crippen molar-refractivity contribution in [2.45, 2.75) is 71.0 Å². The number of rotatable bonds is 7. The van der Waals surface area contributed by atoms with Gasteiger partial charge in [-0.2, -0.15) is 0 Å². The number of piperazine rings is 1. The van der Waals surface area contributed by atoms with Crippen LogP contribution in [0.4, 0.5) is 0 Å². The highest BCUT2D eigenvalue weighted by atomic mass is 15.2. The standard InChI is InChI=1S/C19H32N2/c1-4-6-13-18(10-5-2)21-15-19(20-14-16(21)3)17-11-8-7-9-12-17/h7-9,11-12,16,18-20H,4-6,10,13-15H2,1-3H3. The molecule has 0 radical (unpaired) electrons. The molecular formula is C19H32N2. The summed E-state index contributed by atoms with van der Waals surface area (Å²) >= 11 is 0. The number of hydrogen-bond donors (Lipinski definition) is 1. The SMILES string of the molecule is CCCCC(CCC)N1CC(c2ccccc2)NCC1C. The lowest BCUT2D eigenvalue weighted by Crippen LogP contribution is -2.55. The van der Waals surface area contributed by atoms with Gasteiger partial charge in [0.15, 0.2) is 0 Å². The van der Waals surface area contributed by atoms with E-state index in [2.05, 4.69) is 61.3 Å². The Bertz CT molecular complexity index is 390. The van der Waals surface area contributed by atoms with Gasteiger partial charge in [0.2, 0.25) is 0 Å². The summed E-state index contributed by atoms with van der Waals surface area (Å²) < 4.78 is 0. The lowest BCUT2D eigenvalue weighted by molar-refractivity contribution is 0.0791. The van der Waals surface area contributed by atoms with Crippen LogP contribution in [0.3, 0.4) is 0 Å². The molecule has 118 valence electrons. The monoisotopic (exact) mass is 288 g/mol. The highest BCUT2D eigenvalue weighted by Crippen LogP contribution is 2.25. The van der Waals surface area contributed by atoms with Crippen LogP contribution in [-0.4, -0.2) is 30.1 Å². The van der Waals surface area contributed by atoms with Crippen molar-refractivity contribution in [2.75, 3.05) is 13.1 Å². The van der Waals surface area contributed by atoms with Gasteiger partial charge in [-0.05, 0) is 25.3 Å². The third-order valence-electron chi connectivity index (χ3n) is 4.80. The molecule has 0 saturated carbocycles.